The quantitative estimate of drug-likeness (QED) is 0.499. The number of nitrogens with zero attached hydrogens (tertiary/aromatic N) is 1. The highest BCUT2D eigenvalue weighted by atomic mass is 32.2. The molecule has 0 bridgehead atoms. The van der Waals surface area contributed by atoms with Crippen LogP contribution in [0, 0.1) is 0 Å². The molecule has 0 aliphatic rings. The normalized spacial score (nSPS) is 12.3. The Labute approximate surface area is 94.6 Å². The van der Waals surface area contributed by atoms with Crippen LogP contribution < -0.4 is 0 Å². The molecule has 0 saturated heterocycles. The zero-order chi connectivity index (χ0) is 11.2. The predicted molar refractivity (Wildman–Crippen MR) is 62.7 cm³/mol. The summed E-state index contributed by atoms with van der Waals surface area (Å²) in [6.07, 6.45) is 2.74. The van der Waals surface area contributed by atoms with Gasteiger partial charge in [0.05, 0.1) is 37.3 Å². The Bertz CT molecular complexity index is 247. The first kappa shape index (κ1) is 17.3. The predicted octanol–water partition coefficient (Wildman–Crippen LogP) is 1.43. The smallest absolute Gasteiger partial charge is 0.0948 e. The molecule has 0 unspecified atom stereocenters. The largest absolute Gasteiger partial charge is 0.748 e. The lowest BCUT2D eigenvalue weighted by Gasteiger charge is -2.29. The molecule has 0 atom stereocenters. The van der Waals surface area contributed by atoms with Gasteiger partial charge in [-0.2, -0.15) is 0 Å². The zero-order valence-corrected chi connectivity index (χ0v) is 10.1. The molecule has 0 spiro atoms. The van der Waals surface area contributed by atoms with Crippen molar-refractivity contribution in [1.29, 1.82) is 0 Å². The van der Waals surface area contributed by atoms with Crippen LogP contribution in [-0.2, 0) is 10.1 Å². The molecule has 0 aromatic heterocycles. The summed E-state index contributed by atoms with van der Waals surface area (Å²) in [4.78, 5) is 0. The van der Waals surface area contributed by atoms with Crippen molar-refractivity contribution in [2.45, 2.75) is 33.6 Å². The molecule has 0 heterocycles. The molecule has 0 saturated carbocycles. The van der Waals surface area contributed by atoms with Crippen molar-refractivity contribution in [3.8, 4) is 0 Å². The van der Waals surface area contributed by atoms with Crippen LogP contribution in [0.15, 0.2) is 0 Å². The molecular formula is C10H25NO3S. The number of rotatable bonds is 7. The second kappa shape index (κ2) is 7.19. The van der Waals surface area contributed by atoms with Crippen molar-refractivity contribution in [2.24, 2.45) is 0 Å². The minimum absolute atomic E-state index is 0. The first-order valence-electron chi connectivity index (χ1n) is 5.02. The fraction of sp³-hybridized carbons (Fsp3) is 1.00. The Morgan fingerprint density at radius 2 is 1.60 bits per heavy atom. The van der Waals surface area contributed by atoms with E-state index in [1.54, 1.807) is 0 Å². The molecule has 4 nitrogen and oxygen atoms in total. The van der Waals surface area contributed by atoms with E-state index in [2.05, 4.69) is 21.0 Å². The highest BCUT2D eigenvalue weighted by Crippen LogP contribution is 2.03. The third kappa shape index (κ3) is 11.8. The third-order valence-electron chi connectivity index (χ3n) is 2.27. The van der Waals surface area contributed by atoms with Crippen LogP contribution in [-0.4, -0.2) is 50.4 Å². The Balaban J connectivity index is 0. The van der Waals surface area contributed by atoms with E-state index >= 15 is 0 Å². The van der Waals surface area contributed by atoms with E-state index < -0.39 is 10.1 Å². The van der Waals surface area contributed by atoms with E-state index in [1.807, 2.05) is 0 Å². The lowest BCUT2D eigenvalue weighted by atomic mass is 10.3. The molecule has 0 fully saturated rings. The Kier molecular flexibility index (Phi) is 8.28. The van der Waals surface area contributed by atoms with Crippen molar-refractivity contribution in [3.05, 3.63) is 0 Å². The summed E-state index contributed by atoms with van der Waals surface area (Å²) >= 11 is 0. The molecule has 0 radical (unpaired) electrons. The average molecular weight is 239 g/mol. The molecule has 94 valence electrons. The van der Waals surface area contributed by atoms with Gasteiger partial charge in [0, 0.05) is 12.2 Å². The van der Waals surface area contributed by atoms with Crippen molar-refractivity contribution in [2.75, 3.05) is 32.9 Å². The topological polar surface area (TPSA) is 57.2 Å². The molecular weight excluding hydrogens is 214 g/mol. The van der Waals surface area contributed by atoms with Gasteiger partial charge in [0.15, 0.2) is 0 Å². The van der Waals surface area contributed by atoms with Gasteiger partial charge in [-0.1, -0.05) is 20.8 Å². The van der Waals surface area contributed by atoms with Crippen LogP contribution in [0.2, 0.25) is 0 Å². The average Bonchev–Trinajstić information content (AvgIpc) is 1.98. The molecule has 0 aromatic carbocycles. The van der Waals surface area contributed by atoms with Crippen molar-refractivity contribution < 1.29 is 17.5 Å². The van der Waals surface area contributed by atoms with Crippen molar-refractivity contribution >= 4 is 10.1 Å². The second-order valence-electron chi connectivity index (χ2n) is 4.35. The van der Waals surface area contributed by atoms with Crippen LogP contribution in [0.25, 0.3) is 0 Å². The van der Waals surface area contributed by atoms with Gasteiger partial charge in [-0.15, -0.1) is 0 Å². The lowest BCUT2D eigenvalue weighted by molar-refractivity contribution is -0.890. The minimum Gasteiger partial charge on any atom is -0.748 e. The van der Waals surface area contributed by atoms with E-state index in [4.69, 9.17) is 0 Å². The van der Waals surface area contributed by atoms with E-state index in [0.717, 1.165) is 30.4 Å². The number of hydrogen-bond acceptors (Lipinski definition) is 3. The van der Waals surface area contributed by atoms with Crippen LogP contribution in [0.4, 0.5) is 0 Å². The molecule has 0 amide bonds. The van der Waals surface area contributed by atoms with Crippen LogP contribution in [0.5, 0.6) is 0 Å². The molecule has 15 heavy (non-hydrogen) atoms. The molecule has 0 aliphatic carbocycles. The van der Waals surface area contributed by atoms with Crippen LogP contribution >= 0.6 is 0 Å². The molecule has 0 rings (SSSR count). The molecule has 0 aromatic rings. The van der Waals surface area contributed by atoms with Crippen LogP contribution in [0.3, 0.4) is 0 Å². The van der Waals surface area contributed by atoms with Crippen LogP contribution in [0.1, 0.15) is 33.6 Å². The Morgan fingerprint density at radius 3 is 2.00 bits per heavy atom. The first-order chi connectivity index (χ1) is 6.27. The Hall–Kier alpha value is -0.130. The molecule has 0 N–H and O–H groups in total. The maximum atomic E-state index is 10.4. The number of unbranched alkanes of at least 4 members (excludes halogenated alkanes) is 1. The molecule has 0 aliphatic heterocycles. The number of hydrogen-bond donors (Lipinski definition) is 0. The van der Waals surface area contributed by atoms with Gasteiger partial charge >= 0.3 is 0 Å². The first-order valence-corrected chi connectivity index (χ1v) is 6.60. The highest BCUT2D eigenvalue weighted by molar-refractivity contribution is 7.85. The fourth-order valence-corrected chi connectivity index (χ4v) is 1.85. The van der Waals surface area contributed by atoms with E-state index in [0.29, 0.717) is 6.42 Å². The van der Waals surface area contributed by atoms with E-state index in [9.17, 15) is 13.0 Å². The monoisotopic (exact) mass is 239 g/mol. The summed E-state index contributed by atoms with van der Waals surface area (Å²) in [6.45, 7) is 3.92. The zero-order valence-electron chi connectivity index (χ0n) is 9.32. The van der Waals surface area contributed by atoms with E-state index in [1.165, 1.54) is 0 Å². The maximum Gasteiger partial charge on any atom is 0.0948 e. The maximum absolute atomic E-state index is 10.4. The SMILES string of the molecule is C.CCCC[N+](C)(C)CCCS(=O)(=O)[O-]. The van der Waals surface area contributed by atoms with Gasteiger partial charge < -0.3 is 9.04 Å². The second-order valence-corrected chi connectivity index (χ2v) is 5.88. The van der Waals surface area contributed by atoms with Gasteiger partial charge in [-0.3, -0.25) is 0 Å². The minimum atomic E-state index is -4.03. The van der Waals surface area contributed by atoms with Gasteiger partial charge in [0.2, 0.25) is 0 Å². The summed E-state index contributed by atoms with van der Waals surface area (Å²) in [7, 11) is 0.0981. The van der Waals surface area contributed by atoms with Gasteiger partial charge in [-0.05, 0) is 6.42 Å². The fourth-order valence-electron chi connectivity index (χ4n) is 1.37. The van der Waals surface area contributed by atoms with Crippen molar-refractivity contribution in [1.82, 2.24) is 0 Å². The summed E-state index contributed by atoms with van der Waals surface area (Å²) in [6, 6.07) is 0. The molecule has 5 heteroatoms. The standard InChI is InChI=1S/C9H21NO3S.CH4/c1-4-5-7-10(2,3)8-6-9-14(11,12)13;/h4-9H2,1-3H3;1H4. The van der Waals surface area contributed by atoms with Gasteiger partial charge in [0.1, 0.15) is 0 Å². The Morgan fingerprint density at radius 1 is 1.13 bits per heavy atom. The highest BCUT2D eigenvalue weighted by Gasteiger charge is 2.13. The summed E-state index contributed by atoms with van der Waals surface area (Å²) in [5, 5.41) is 0. The van der Waals surface area contributed by atoms with Crippen molar-refractivity contribution in [3.63, 3.8) is 0 Å². The van der Waals surface area contributed by atoms with Gasteiger partial charge in [-0.25, -0.2) is 8.42 Å². The number of quaternary nitrogens is 1. The summed E-state index contributed by atoms with van der Waals surface area (Å²) in [5.74, 6) is -0.235. The lowest BCUT2D eigenvalue weighted by Crippen LogP contribution is -2.41. The third-order valence-corrected chi connectivity index (χ3v) is 3.06. The summed E-state index contributed by atoms with van der Waals surface area (Å²) < 4.78 is 31.9. The summed E-state index contributed by atoms with van der Waals surface area (Å²) in [5.41, 5.74) is 0. The van der Waals surface area contributed by atoms with E-state index in [-0.39, 0.29) is 13.2 Å². The van der Waals surface area contributed by atoms with Gasteiger partial charge in [0.25, 0.3) is 0 Å².